The zero-order valence-corrected chi connectivity index (χ0v) is 22.0. The van der Waals surface area contributed by atoms with Crippen LogP contribution in [0.15, 0.2) is 66.2 Å². The first kappa shape index (κ1) is 24.8. The highest BCUT2D eigenvalue weighted by Gasteiger charge is 2.37. The number of aliphatic carboxylic acids is 1. The summed E-state index contributed by atoms with van der Waals surface area (Å²) in [7, 11) is 0.519. The summed E-state index contributed by atoms with van der Waals surface area (Å²) in [6.45, 7) is 10.7. The Morgan fingerprint density at radius 2 is 1.66 bits per heavy atom. The highest BCUT2D eigenvalue weighted by Crippen LogP contribution is 2.49. The number of hydrogen-bond donors (Lipinski definition) is 2. The third-order valence-corrected chi connectivity index (χ3v) is 6.87. The maximum absolute atomic E-state index is 12.3. The van der Waals surface area contributed by atoms with Gasteiger partial charge in [-0.3, -0.25) is 0 Å². The molecule has 0 bridgehead atoms. The van der Waals surface area contributed by atoms with Gasteiger partial charge in [-0.25, -0.2) is 4.79 Å². The smallest absolute Gasteiger partial charge is 0.335 e. The zero-order valence-electron chi connectivity index (χ0n) is 21.0. The number of carbonyl (C=O) groups is 1. The van der Waals surface area contributed by atoms with E-state index in [1.54, 1.807) is 25.3 Å². The molecule has 0 aromatic heterocycles. The summed E-state index contributed by atoms with van der Waals surface area (Å²) in [6, 6.07) is 19.1. The zero-order chi connectivity index (χ0) is 25.5. The Bertz CT molecular complexity index is 1300. The van der Waals surface area contributed by atoms with Crippen LogP contribution in [0.4, 0.5) is 0 Å². The predicted molar refractivity (Wildman–Crippen MR) is 140 cm³/mol. The van der Waals surface area contributed by atoms with Crippen molar-refractivity contribution < 1.29 is 24.2 Å². The number of carboxylic acid groups (broad SMARTS) is 1. The molecule has 1 aliphatic rings. The summed E-state index contributed by atoms with van der Waals surface area (Å²) in [5, 5.41) is 21.2. The molecule has 181 valence electrons. The molecule has 0 heterocycles. The summed E-state index contributed by atoms with van der Waals surface area (Å²) in [6.07, 6.45) is -1.23. The molecule has 0 amide bonds. The maximum atomic E-state index is 12.3. The van der Waals surface area contributed by atoms with E-state index in [2.05, 4.69) is 46.0 Å². The second kappa shape index (κ2) is 9.36. The van der Waals surface area contributed by atoms with Crippen molar-refractivity contribution in [2.24, 2.45) is 0 Å². The largest absolute Gasteiger partial charge is 0.542 e. The van der Waals surface area contributed by atoms with Gasteiger partial charge in [-0.05, 0) is 64.5 Å². The van der Waals surface area contributed by atoms with Crippen molar-refractivity contribution in [1.29, 1.82) is 0 Å². The number of ether oxygens (including phenoxy) is 1. The van der Waals surface area contributed by atoms with Crippen LogP contribution in [0.3, 0.4) is 0 Å². The Balaban J connectivity index is 2.00. The van der Waals surface area contributed by atoms with Crippen molar-refractivity contribution in [2.75, 3.05) is 7.11 Å². The fraction of sp³-hybridized carbons (Fsp3) is 0.276. The summed E-state index contributed by atoms with van der Waals surface area (Å²) < 4.78 is 11.6. The standard InChI is InChI=1S/C29H31O5Si/c1-29(2,3)18-12-15-20(23(16-18)34-35(5)6)21-8-7-9-22-25(21)24(26(27(22)30)28(31)32)17-10-13-19(33-4)14-11-17/h7-16,27,30H,1-6H3,(H,31,32). The van der Waals surface area contributed by atoms with E-state index in [0.29, 0.717) is 22.4 Å². The number of benzene rings is 3. The fourth-order valence-electron chi connectivity index (χ4n) is 4.53. The molecule has 0 saturated heterocycles. The molecule has 1 aliphatic carbocycles. The highest BCUT2D eigenvalue weighted by molar-refractivity contribution is 6.49. The lowest BCUT2D eigenvalue weighted by atomic mass is 9.84. The lowest BCUT2D eigenvalue weighted by Gasteiger charge is -2.23. The third kappa shape index (κ3) is 4.64. The molecule has 2 N–H and O–H groups in total. The molecular weight excluding hydrogens is 456 g/mol. The number of rotatable bonds is 6. The first-order valence-corrected chi connectivity index (χ1v) is 14.0. The Morgan fingerprint density at radius 3 is 2.23 bits per heavy atom. The molecule has 5 nitrogen and oxygen atoms in total. The van der Waals surface area contributed by atoms with Gasteiger partial charge in [0.1, 0.15) is 17.6 Å². The van der Waals surface area contributed by atoms with Crippen LogP contribution in [0.2, 0.25) is 13.1 Å². The van der Waals surface area contributed by atoms with Gasteiger partial charge >= 0.3 is 5.97 Å². The van der Waals surface area contributed by atoms with Gasteiger partial charge in [-0.15, -0.1) is 0 Å². The lowest BCUT2D eigenvalue weighted by Crippen LogP contribution is -2.15. The second-order valence-corrected chi connectivity index (χ2v) is 12.0. The van der Waals surface area contributed by atoms with E-state index in [0.717, 1.165) is 28.0 Å². The van der Waals surface area contributed by atoms with E-state index in [1.165, 1.54) is 0 Å². The van der Waals surface area contributed by atoms with Crippen LogP contribution in [-0.2, 0) is 10.2 Å². The molecule has 0 fully saturated rings. The first-order chi connectivity index (χ1) is 16.5. The lowest BCUT2D eigenvalue weighted by molar-refractivity contribution is -0.133. The van der Waals surface area contributed by atoms with Crippen LogP contribution in [-0.4, -0.2) is 32.3 Å². The van der Waals surface area contributed by atoms with Crippen LogP contribution < -0.4 is 9.16 Å². The first-order valence-electron chi connectivity index (χ1n) is 11.6. The van der Waals surface area contributed by atoms with Crippen LogP contribution in [0, 0.1) is 0 Å². The van der Waals surface area contributed by atoms with Crippen molar-refractivity contribution in [3.63, 3.8) is 0 Å². The molecule has 6 heteroatoms. The average Bonchev–Trinajstić information content (AvgIpc) is 3.11. The van der Waals surface area contributed by atoms with E-state index in [1.807, 2.05) is 30.3 Å². The van der Waals surface area contributed by atoms with Crippen molar-refractivity contribution in [2.45, 2.75) is 45.4 Å². The molecule has 0 spiro atoms. The minimum absolute atomic E-state index is 0.0258. The number of fused-ring (bicyclic) bond motifs is 1. The fourth-order valence-corrected chi connectivity index (χ4v) is 5.13. The molecule has 35 heavy (non-hydrogen) atoms. The van der Waals surface area contributed by atoms with Gasteiger partial charge in [0, 0.05) is 11.1 Å². The number of aliphatic hydroxyl groups is 1. The number of methoxy groups -OCH3 is 1. The molecule has 3 aromatic carbocycles. The monoisotopic (exact) mass is 487 g/mol. The maximum Gasteiger partial charge on any atom is 0.335 e. The van der Waals surface area contributed by atoms with Crippen molar-refractivity contribution in [1.82, 2.24) is 0 Å². The number of hydrogen-bond acceptors (Lipinski definition) is 4. The van der Waals surface area contributed by atoms with E-state index >= 15 is 0 Å². The van der Waals surface area contributed by atoms with Crippen LogP contribution in [0.5, 0.6) is 11.5 Å². The van der Waals surface area contributed by atoms with E-state index in [9.17, 15) is 15.0 Å². The molecule has 1 unspecified atom stereocenters. The van der Waals surface area contributed by atoms with Crippen LogP contribution in [0.25, 0.3) is 16.7 Å². The van der Waals surface area contributed by atoms with Gasteiger partial charge in [0.25, 0.3) is 9.04 Å². The number of carboxylic acids is 1. The molecule has 3 aromatic rings. The van der Waals surface area contributed by atoms with Crippen molar-refractivity contribution >= 4 is 20.6 Å². The number of aliphatic hydroxyl groups excluding tert-OH is 1. The van der Waals surface area contributed by atoms with Gasteiger partial charge in [0.2, 0.25) is 0 Å². The normalized spacial score (nSPS) is 15.4. The SMILES string of the molecule is COc1ccc(C2=C(C(=O)O)C(O)c3cccc(-c4ccc(C(C)(C)C)cc4O[Si](C)C)c32)cc1. The minimum Gasteiger partial charge on any atom is -0.542 e. The highest BCUT2D eigenvalue weighted by atomic mass is 28.3. The van der Waals surface area contributed by atoms with Gasteiger partial charge in [-0.1, -0.05) is 63.2 Å². The molecule has 4 rings (SSSR count). The molecule has 1 radical (unpaired) electrons. The summed E-state index contributed by atoms with van der Waals surface area (Å²) in [5.41, 5.74) is 5.32. The Morgan fingerprint density at radius 1 is 0.971 bits per heavy atom. The van der Waals surface area contributed by atoms with Gasteiger partial charge in [0.05, 0.1) is 12.7 Å². The topological polar surface area (TPSA) is 76.0 Å². The molecular formula is C29H31O5Si. The van der Waals surface area contributed by atoms with Crippen molar-refractivity contribution in [3.05, 3.63) is 88.5 Å². The van der Waals surface area contributed by atoms with Gasteiger partial charge in [-0.2, -0.15) is 0 Å². The Kier molecular flexibility index (Phi) is 6.62. The quantitative estimate of drug-likeness (QED) is 0.404. The minimum atomic E-state index is -1.23. The van der Waals surface area contributed by atoms with E-state index < -0.39 is 21.1 Å². The van der Waals surface area contributed by atoms with Gasteiger partial charge in [0.15, 0.2) is 0 Å². The third-order valence-electron chi connectivity index (χ3n) is 6.25. The Labute approximate surface area is 208 Å². The van der Waals surface area contributed by atoms with E-state index in [-0.39, 0.29) is 11.0 Å². The van der Waals surface area contributed by atoms with Crippen LogP contribution in [0.1, 0.15) is 49.1 Å². The summed E-state index contributed by atoms with van der Waals surface area (Å²) in [5.74, 6) is 0.307. The van der Waals surface area contributed by atoms with Gasteiger partial charge < -0.3 is 19.4 Å². The van der Waals surface area contributed by atoms with Crippen molar-refractivity contribution in [3.8, 4) is 22.6 Å². The summed E-state index contributed by atoms with van der Waals surface area (Å²) in [4.78, 5) is 12.3. The summed E-state index contributed by atoms with van der Waals surface area (Å²) >= 11 is 0. The molecule has 0 saturated carbocycles. The average molecular weight is 488 g/mol. The van der Waals surface area contributed by atoms with E-state index in [4.69, 9.17) is 9.16 Å². The Hall–Kier alpha value is -3.35. The second-order valence-electron chi connectivity index (χ2n) is 9.97. The predicted octanol–water partition coefficient (Wildman–Crippen LogP) is 6.22. The molecule has 0 aliphatic heterocycles. The van der Waals surface area contributed by atoms with Crippen LogP contribution >= 0.6 is 0 Å². The molecule has 1 atom stereocenters.